The number of unbranched alkanes of at least 4 members (excludes halogenated alkanes) is 14. The minimum Gasteiger partial charge on any atom is -0.462 e. The fraction of sp³-hybridized carbons (Fsp3) is 0.714. The number of benzene rings is 1. The highest BCUT2D eigenvalue weighted by atomic mass is 16.5. The van der Waals surface area contributed by atoms with Gasteiger partial charge in [-0.25, -0.2) is 9.59 Å². The van der Waals surface area contributed by atoms with E-state index in [1.807, 2.05) is 0 Å². The maximum atomic E-state index is 12.2. The summed E-state index contributed by atoms with van der Waals surface area (Å²) in [7, 11) is 0. The average Bonchev–Trinajstić information content (AvgIpc) is 2.81. The van der Waals surface area contributed by atoms with E-state index in [-0.39, 0.29) is 11.9 Å². The summed E-state index contributed by atoms with van der Waals surface area (Å²) >= 11 is 0. The summed E-state index contributed by atoms with van der Waals surface area (Å²) in [6.07, 6.45) is 19.5. The van der Waals surface area contributed by atoms with Crippen LogP contribution in [0.15, 0.2) is 24.3 Å². The van der Waals surface area contributed by atoms with Gasteiger partial charge in [0, 0.05) is 0 Å². The molecule has 182 valence electrons. The first kappa shape index (κ1) is 28.2. The molecule has 0 aliphatic heterocycles. The minimum atomic E-state index is -0.330. The van der Waals surface area contributed by atoms with Crippen LogP contribution in [0, 0.1) is 0 Å². The molecule has 0 unspecified atom stereocenters. The topological polar surface area (TPSA) is 52.6 Å². The molecule has 0 saturated carbocycles. The second kappa shape index (κ2) is 19.8. The Morgan fingerprint density at radius 3 is 1.09 bits per heavy atom. The molecule has 0 atom stereocenters. The lowest BCUT2D eigenvalue weighted by Crippen LogP contribution is -2.09. The molecule has 4 nitrogen and oxygen atoms in total. The van der Waals surface area contributed by atoms with Crippen LogP contribution >= 0.6 is 0 Å². The predicted molar refractivity (Wildman–Crippen MR) is 132 cm³/mol. The van der Waals surface area contributed by atoms with Gasteiger partial charge in [0.25, 0.3) is 0 Å². The van der Waals surface area contributed by atoms with Gasteiger partial charge >= 0.3 is 11.9 Å². The highest BCUT2D eigenvalue weighted by molar-refractivity contribution is 5.93. The molecule has 0 aliphatic carbocycles. The Bertz CT molecular complexity index is 594. The van der Waals surface area contributed by atoms with Gasteiger partial charge in [0.1, 0.15) is 0 Å². The number of carbonyl (C=O) groups excluding carboxylic acids is 2. The molecule has 32 heavy (non-hydrogen) atoms. The van der Waals surface area contributed by atoms with E-state index in [1.165, 1.54) is 77.0 Å². The van der Waals surface area contributed by atoms with Crippen LogP contribution in [0.4, 0.5) is 0 Å². The first-order chi connectivity index (χ1) is 15.7. The molecular formula is C28H46O4. The Hall–Kier alpha value is -1.84. The van der Waals surface area contributed by atoms with Gasteiger partial charge in [-0.2, -0.15) is 0 Å². The predicted octanol–water partition coefficient (Wildman–Crippen LogP) is 8.28. The van der Waals surface area contributed by atoms with Gasteiger partial charge in [0.05, 0.1) is 24.3 Å². The Balaban J connectivity index is 2.10. The Morgan fingerprint density at radius 1 is 0.500 bits per heavy atom. The zero-order chi connectivity index (χ0) is 23.3. The molecule has 0 radical (unpaired) electrons. The zero-order valence-electron chi connectivity index (χ0n) is 20.7. The van der Waals surface area contributed by atoms with Crippen LogP contribution < -0.4 is 0 Å². The zero-order valence-corrected chi connectivity index (χ0v) is 20.7. The van der Waals surface area contributed by atoms with Crippen molar-refractivity contribution in [2.75, 3.05) is 13.2 Å². The molecule has 0 bridgehead atoms. The maximum absolute atomic E-state index is 12.2. The third-order valence-electron chi connectivity index (χ3n) is 5.82. The summed E-state index contributed by atoms with van der Waals surface area (Å²) in [4.78, 5) is 24.3. The molecule has 0 aromatic heterocycles. The molecule has 0 saturated heterocycles. The Kier molecular flexibility index (Phi) is 17.5. The van der Waals surface area contributed by atoms with E-state index in [2.05, 4.69) is 13.8 Å². The van der Waals surface area contributed by atoms with Crippen LogP contribution in [0.1, 0.15) is 137 Å². The third kappa shape index (κ3) is 14.3. The van der Waals surface area contributed by atoms with Gasteiger partial charge in [-0.15, -0.1) is 0 Å². The van der Waals surface area contributed by atoms with Crippen molar-refractivity contribution in [1.82, 2.24) is 0 Å². The molecule has 0 heterocycles. The largest absolute Gasteiger partial charge is 0.462 e. The van der Waals surface area contributed by atoms with Gasteiger partial charge in [-0.05, 0) is 37.1 Å². The molecule has 0 spiro atoms. The SMILES string of the molecule is CCCCCCCCCCCCOC(=O)c1ccc(C(=O)OCCCCCCCC)cc1. The summed E-state index contributed by atoms with van der Waals surface area (Å²) in [5.74, 6) is -0.656. The van der Waals surface area contributed by atoms with E-state index in [4.69, 9.17) is 9.47 Å². The third-order valence-corrected chi connectivity index (χ3v) is 5.82. The maximum Gasteiger partial charge on any atom is 0.338 e. The molecule has 0 fully saturated rings. The lowest BCUT2D eigenvalue weighted by atomic mass is 10.1. The summed E-state index contributed by atoms with van der Waals surface area (Å²) in [5, 5.41) is 0. The van der Waals surface area contributed by atoms with Gasteiger partial charge in [0.2, 0.25) is 0 Å². The normalized spacial score (nSPS) is 10.8. The van der Waals surface area contributed by atoms with E-state index in [9.17, 15) is 9.59 Å². The number of hydrogen-bond donors (Lipinski definition) is 0. The number of hydrogen-bond acceptors (Lipinski definition) is 4. The molecule has 0 amide bonds. The smallest absolute Gasteiger partial charge is 0.338 e. The minimum absolute atomic E-state index is 0.326. The molecule has 1 aromatic rings. The molecule has 1 rings (SSSR count). The van der Waals surface area contributed by atoms with Crippen LogP contribution in [0.2, 0.25) is 0 Å². The van der Waals surface area contributed by atoms with E-state index in [0.29, 0.717) is 24.3 Å². The summed E-state index contributed by atoms with van der Waals surface area (Å²) < 4.78 is 10.7. The lowest BCUT2D eigenvalue weighted by Gasteiger charge is -2.07. The van der Waals surface area contributed by atoms with Crippen molar-refractivity contribution >= 4 is 11.9 Å². The number of ether oxygens (including phenoxy) is 2. The van der Waals surface area contributed by atoms with Crippen LogP contribution in [-0.2, 0) is 9.47 Å². The van der Waals surface area contributed by atoms with Gasteiger partial charge < -0.3 is 9.47 Å². The molecule has 0 N–H and O–H groups in total. The van der Waals surface area contributed by atoms with Crippen molar-refractivity contribution in [3.05, 3.63) is 35.4 Å². The highest BCUT2D eigenvalue weighted by Gasteiger charge is 2.11. The van der Waals surface area contributed by atoms with Crippen molar-refractivity contribution in [1.29, 1.82) is 0 Å². The standard InChI is InChI=1S/C28H46O4/c1-3-5-7-9-11-12-13-14-16-18-24-32-28(30)26-21-19-25(20-22-26)27(29)31-23-17-15-10-8-6-4-2/h19-22H,3-18,23-24H2,1-2H3. The van der Waals surface area contributed by atoms with Gasteiger partial charge in [-0.1, -0.05) is 104 Å². The van der Waals surface area contributed by atoms with Gasteiger partial charge in [-0.3, -0.25) is 0 Å². The molecule has 0 aliphatic rings. The van der Waals surface area contributed by atoms with E-state index in [1.54, 1.807) is 24.3 Å². The van der Waals surface area contributed by atoms with E-state index in [0.717, 1.165) is 25.7 Å². The number of carbonyl (C=O) groups is 2. The summed E-state index contributed by atoms with van der Waals surface area (Å²) in [5.41, 5.74) is 0.951. The van der Waals surface area contributed by atoms with Crippen molar-refractivity contribution in [2.24, 2.45) is 0 Å². The molecular weight excluding hydrogens is 400 g/mol. The van der Waals surface area contributed by atoms with E-state index < -0.39 is 0 Å². The van der Waals surface area contributed by atoms with Crippen LogP contribution in [0.3, 0.4) is 0 Å². The van der Waals surface area contributed by atoms with Gasteiger partial charge in [0.15, 0.2) is 0 Å². The van der Waals surface area contributed by atoms with Crippen molar-refractivity contribution in [2.45, 2.75) is 117 Å². The van der Waals surface area contributed by atoms with Crippen molar-refractivity contribution in [3.8, 4) is 0 Å². The first-order valence-electron chi connectivity index (χ1n) is 13.1. The van der Waals surface area contributed by atoms with E-state index >= 15 is 0 Å². The van der Waals surface area contributed by atoms with Crippen LogP contribution in [0.25, 0.3) is 0 Å². The Morgan fingerprint density at radius 2 is 0.781 bits per heavy atom. The summed E-state index contributed by atoms with van der Waals surface area (Å²) in [6.45, 7) is 5.35. The number of esters is 2. The second-order valence-corrected chi connectivity index (χ2v) is 8.80. The fourth-order valence-corrected chi connectivity index (χ4v) is 3.71. The van der Waals surface area contributed by atoms with Crippen LogP contribution in [-0.4, -0.2) is 25.2 Å². The fourth-order valence-electron chi connectivity index (χ4n) is 3.71. The first-order valence-corrected chi connectivity index (χ1v) is 13.1. The quantitative estimate of drug-likeness (QED) is 0.149. The highest BCUT2D eigenvalue weighted by Crippen LogP contribution is 2.12. The monoisotopic (exact) mass is 446 g/mol. The Labute approximate surface area is 196 Å². The van der Waals surface area contributed by atoms with Crippen LogP contribution in [0.5, 0.6) is 0 Å². The molecule has 4 heteroatoms. The second-order valence-electron chi connectivity index (χ2n) is 8.80. The average molecular weight is 447 g/mol. The summed E-state index contributed by atoms with van der Waals surface area (Å²) in [6, 6.07) is 6.56. The lowest BCUT2D eigenvalue weighted by molar-refractivity contribution is 0.0483. The molecule has 1 aromatic carbocycles. The van der Waals surface area contributed by atoms with Crippen molar-refractivity contribution in [3.63, 3.8) is 0 Å². The van der Waals surface area contributed by atoms with Crippen molar-refractivity contribution < 1.29 is 19.1 Å². The number of rotatable bonds is 20.